The van der Waals surface area contributed by atoms with Crippen molar-refractivity contribution in [1.29, 1.82) is 0 Å². The summed E-state index contributed by atoms with van der Waals surface area (Å²) in [6.45, 7) is 17.1. The molecule has 4 aromatic carbocycles. The highest BCUT2D eigenvalue weighted by molar-refractivity contribution is 6.04. The summed E-state index contributed by atoms with van der Waals surface area (Å²) in [5.41, 5.74) is 2.50. The van der Waals surface area contributed by atoms with E-state index >= 15 is 0 Å². The van der Waals surface area contributed by atoms with E-state index in [2.05, 4.69) is 50.4 Å². The van der Waals surface area contributed by atoms with Gasteiger partial charge in [-0.2, -0.15) is 0 Å². The van der Waals surface area contributed by atoms with E-state index in [0.29, 0.717) is 86.1 Å². The fourth-order valence-electron chi connectivity index (χ4n) is 10.9. The maximum Gasteiger partial charge on any atom is 0.411 e. The van der Waals surface area contributed by atoms with E-state index in [4.69, 9.17) is 37.9 Å². The molecule has 0 unspecified atom stereocenters. The van der Waals surface area contributed by atoms with Crippen molar-refractivity contribution in [3.8, 4) is 23.0 Å². The molecule has 0 bridgehead atoms. The van der Waals surface area contributed by atoms with Crippen LogP contribution in [0.15, 0.2) is 98.1 Å². The first-order valence-electron chi connectivity index (χ1n) is 33.5. The Balaban J connectivity index is 1.04. The van der Waals surface area contributed by atoms with Gasteiger partial charge in [-0.3, -0.25) is 38.9 Å². The van der Waals surface area contributed by atoms with Crippen molar-refractivity contribution < 1.29 is 96.1 Å². The van der Waals surface area contributed by atoms with Crippen molar-refractivity contribution >= 4 is 76.8 Å². The van der Waals surface area contributed by atoms with Gasteiger partial charge in [0.1, 0.15) is 50.6 Å². The van der Waals surface area contributed by atoms with Crippen molar-refractivity contribution in [2.75, 3.05) is 82.9 Å². The predicted octanol–water partition coefficient (Wildman–Crippen LogP) is 7.32. The number of hydrogen-bond donors (Lipinski definition) is 9. The van der Waals surface area contributed by atoms with Crippen LogP contribution in [0.5, 0.6) is 23.0 Å². The number of anilines is 3. The molecule has 0 aromatic heterocycles. The molecule has 2 saturated heterocycles. The topological polar surface area (TPSA) is 376 Å². The Bertz CT molecular complexity index is 3300. The molecule has 6 atom stereocenters. The van der Waals surface area contributed by atoms with Crippen LogP contribution in [0.25, 0.3) is 0 Å². The van der Waals surface area contributed by atoms with Gasteiger partial charge >= 0.3 is 24.2 Å². The summed E-state index contributed by atoms with van der Waals surface area (Å²) in [5.74, 6) is -3.49. The summed E-state index contributed by atoms with van der Waals surface area (Å²) in [6, 6.07) is 14.1. The molecule has 29 heteroatoms. The van der Waals surface area contributed by atoms with Crippen molar-refractivity contribution in [3.63, 3.8) is 0 Å². The first-order valence-corrected chi connectivity index (χ1v) is 33.5. The number of carbonyl (C=O) groups excluding carboxylic acids is 10. The van der Waals surface area contributed by atoms with Gasteiger partial charge in [0.2, 0.25) is 23.6 Å². The molecule has 548 valence electrons. The molecule has 4 aromatic rings. The average molecular weight is 1410 g/mol. The van der Waals surface area contributed by atoms with Crippen molar-refractivity contribution in [2.45, 2.75) is 142 Å². The fraction of sp³-hybridized carbons (Fsp3) is 0.472. The van der Waals surface area contributed by atoms with Crippen LogP contribution in [-0.4, -0.2) is 183 Å². The van der Waals surface area contributed by atoms with E-state index in [-0.39, 0.29) is 111 Å². The maximum atomic E-state index is 14.2. The number of aliphatic hydroxyl groups is 2. The average Bonchev–Trinajstić information content (AvgIpc) is 1.78. The number of unbranched alkanes of at least 4 members (excludes halogenated alkanes) is 2. The number of ether oxygens (including phenoxy) is 8. The third-order valence-electron chi connectivity index (χ3n) is 16.6. The largest absolute Gasteiger partial charge is 0.493 e. The second kappa shape index (κ2) is 40.0. The zero-order valence-electron chi connectivity index (χ0n) is 58.5. The van der Waals surface area contributed by atoms with E-state index in [0.717, 1.165) is 0 Å². The normalized spacial score (nSPS) is 15.1. The summed E-state index contributed by atoms with van der Waals surface area (Å²) in [6.07, 6.45) is 4.07. The number of carbonyl (C=O) groups is 10. The molecule has 9 N–H and O–H groups in total. The molecular formula is C72H95N9O20. The lowest BCUT2D eigenvalue weighted by atomic mass is 10.0. The van der Waals surface area contributed by atoms with Crippen LogP contribution in [0.3, 0.4) is 0 Å². The van der Waals surface area contributed by atoms with Gasteiger partial charge < -0.3 is 89.8 Å². The highest BCUT2D eigenvalue weighted by atomic mass is 16.6. The highest BCUT2D eigenvalue weighted by Gasteiger charge is 2.35. The number of nitrogens with zero attached hydrogens (tertiary/aromatic N) is 2. The van der Waals surface area contributed by atoms with Gasteiger partial charge in [-0.05, 0) is 130 Å². The molecule has 2 heterocycles. The van der Waals surface area contributed by atoms with Crippen LogP contribution >= 0.6 is 0 Å². The third-order valence-corrected chi connectivity index (χ3v) is 16.6. The molecule has 2 aliphatic rings. The van der Waals surface area contributed by atoms with Gasteiger partial charge in [0, 0.05) is 36.1 Å². The summed E-state index contributed by atoms with van der Waals surface area (Å²) in [4.78, 5) is 135. The lowest BCUT2D eigenvalue weighted by Crippen LogP contribution is -2.53. The monoisotopic (exact) mass is 1410 g/mol. The Morgan fingerprint density at radius 1 is 0.515 bits per heavy atom. The summed E-state index contributed by atoms with van der Waals surface area (Å²) in [5, 5.41) is 38.6. The number of aliphatic hydroxyl groups excluding tert-OH is 2. The van der Waals surface area contributed by atoms with E-state index in [1.54, 1.807) is 87.2 Å². The fourth-order valence-corrected chi connectivity index (χ4v) is 10.9. The quantitative estimate of drug-likeness (QED) is 0.00923. The van der Waals surface area contributed by atoms with Crippen LogP contribution in [0.4, 0.5) is 31.4 Å². The van der Waals surface area contributed by atoms with Gasteiger partial charge in [0.25, 0.3) is 11.8 Å². The number of hydrogen-bond acceptors (Lipinski definition) is 20. The molecule has 0 aliphatic carbocycles. The summed E-state index contributed by atoms with van der Waals surface area (Å²) >= 11 is 0. The number of methoxy groups -OCH3 is 2. The third kappa shape index (κ3) is 23.9. The lowest BCUT2D eigenvalue weighted by Gasteiger charge is -2.25. The molecule has 0 spiro atoms. The SMILES string of the molecule is C=CCOC(=O)N[C@H](C(=O)N[C@@H](C)C(=O)Nc1ccc(COC(=O)Cc2cc(OCCCCCOc3cc(NC(=O)OCc4ccc(NC(=O)[C@H](C)NC(=O)[C@@H](NC(=O)OCC=C)C(C)C)cc4)c(C(=O)N4CCC[C@H]4CO)cc3OC)c(OC)cc2C(=O)N2CCC[C@H]2CO)cc1)C(C)C. The van der Waals surface area contributed by atoms with E-state index in [1.165, 1.54) is 63.3 Å². The van der Waals surface area contributed by atoms with E-state index < -0.39 is 95.9 Å². The molecule has 2 aliphatic heterocycles. The molecular weight excluding hydrogens is 1310 g/mol. The van der Waals surface area contributed by atoms with Crippen molar-refractivity contribution in [3.05, 3.63) is 126 Å². The maximum absolute atomic E-state index is 14.2. The first kappa shape index (κ1) is 79.6. The second-order valence-electron chi connectivity index (χ2n) is 24.8. The summed E-state index contributed by atoms with van der Waals surface area (Å²) < 4.78 is 45.0. The second-order valence-corrected chi connectivity index (χ2v) is 24.8. The Morgan fingerprint density at radius 3 is 1.39 bits per heavy atom. The number of nitrogens with one attached hydrogen (secondary N) is 7. The van der Waals surface area contributed by atoms with Gasteiger partial charge in [0.15, 0.2) is 23.0 Å². The molecule has 0 saturated carbocycles. The Kier molecular flexibility index (Phi) is 31.5. The zero-order chi connectivity index (χ0) is 73.7. The standard InChI is InChI=1S/C72H95N9O20/c1-11-30-98-71(92)78-62(43(3)4)66(87)73-45(7)64(85)75-50-24-20-47(21-25-50)41-100-61(84)35-49-34-59(57(94-9)36-54(49)68(89)80-28-16-18-52(80)39-82)96-32-14-13-15-33-97-60-38-56(55(37-58(60)95-10)69(90)81-29-17-19-53(81)40-83)77-70(91)101-42-48-22-26-51(27-23-48)76-65(86)46(8)74-67(88)63(44(5)6)79-72(93)99-31-12-2/h11-12,20-27,34,36-38,43-46,52-53,62-63,82-83H,1-2,13-19,28-33,35,39-42H2,3-10H3,(H,73,87)(H,74,88)(H,75,85)(H,76,86)(H,77,91)(H,78,92)(H,79,93)/t45-,46-,52-,53-,62-,63-/m0/s1. The summed E-state index contributed by atoms with van der Waals surface area (Å²) in [7, 11) is 2.84. The number of likely N-dealkylation sites (tertiary alicyclic amines) is 2. The Hall–Kier alpha value is -10.4. The molecule has 0 radical (unpaired) electrons. The van der Waals surface area contributed by atoms with Gasteiger partial charge in [0.05, 0.1) is 70.4 Å². The number of benzene rings is 4. The Labute approximate surface area is 587 Å². The van der Waals surface area contributed by atoms with Crippen molar-refractivity contribution in [1.82, 2.24) is 31.1 Å². The van der Waals surface area contributed by atoms with Crippen LogP contribution in [-0.2, 0) is 62.6 Å². The van der Waals surface area contributed by atoms with Crippen LogP contribution in [0.2, 0.25) is 0 Å². The smallest absolute Gasteiger partial charge is 0.411 e. The molecule has 6 rings (SSSR count). The van der Waals surface area contributed by atoms with E-state index in [1.807, 2.05) is 0 Å². The predicted molar refractivity (Wildman–Crippen MR) is 372 cm³/mol. The Morgan fingerprint density at radius 2 is 0.950 bits per heavy atom. The van der Waals surface area contributed by atoms with Gasteiger partial charge in [-0.25, -0.2) is 14.4 Å². The van der Waals surface area contributed by atoms with Gasteiger partial charge in [-0.1, -0.05) is 77.3 Å². The van der Waals surface area contributed by atoms with Crippen LogP contribution < -0.4 is 56.2 Å². The highest BCUT2D eigenvalue weighted by Crippen LogP contribution is 2.37. The van der Waals surface area contributed by atoms with Gasteiger partial charge in [-0.15, -0.1) is 0 Å². The van der Waals surface area contributed by atoms with Crippen molar-refractivity contribution in [2.24, 2.45) is 11.8 Å². The van der Waals surface area contributed by atoms with Crippen LogP contribution in [0, 0.1) is 11.8 Å². The minimum Gasteiger partial charge on any atom is -0.493 e. The van der Waals surface area contributed by atoms with E-state index in [9.17, 15) is 58.2 Å². The number of esters is 1. The zero-order valence-corrected chi connectivity index (χ0v) is 58.5. The molecule has 101 heavy (non-hydrogen) atoms. The minimum absolute atomic E-state index is 0.0433. The first-order chi connectivity index (χ1) is 48.4. The van der Waals surface area contributed by atoms with Crippen LogP contribution in [0.1, 0.15) is 124 Å². The minimum atomic E-state index is -0.995. The molecule has 2 fully saturated rings. The number of amides is 9. The molecule has 9 amide bonds. The number of alkyl carbamates (subject to hydrolysis) is 2. The lowest BCUT2D eigenvalue weighted by molar-refractivity contribution is -0.144. The number of rotatable bonds is 37. The molecule has 29 nitrogen and oxygen atoms in total.